The summed E-state index contributed by atoms with van der Waals surface area (Å²) < 4.78 is 39.1. The molecule has 0 saturated carbocycles. The van der Waals surface area contributed by atoms with E-state index >= 15 is 0 Å². The minimum Gasteiger partial charge on any atom is -0.322 e. The molecular weight excluding hydrogens is 313 g/mol. The van der Waals surface area contributed by atoms with Gasteiger partial charge in [-0.2, -0.15) is 13.2 Å². The van der Waals surface area contributed by atoms with Gasteiger partial charge in [-0.3, -0.25) is 14.7 Å². The van der Waals surface area contributed by atoms with Crippen molar-refractivity contribution in [2.75, 3.05) is 5.32 Å². The highest BCUT2D eigenvalue weighted by molar-refractivity contribution is 6.08. The number of carbonyl (C=O) groups is 1. The number of anilines is 1. The number of nitrogens with one attached hydrogen (secondary N) is 2. The second-order valence-electron chi connectivity index (χ2n) is 4.66. The zero-order chi connectivity index (χ0) is 16.6. The van der Waals surface area contributed by atoms with Gasteiger partial charge in [0, 0.05) is 24.1 Å². The Morgan fingerprint density at radius 3 is 2.78 bits per heavy atom. The van der Waals surface area contributed by atoms with Crippen molar-refractivity contribution < 1.29 is 18.0 Å². The SMILES string of the molecule is O=C(Nc1cccc(C(F)(F)F)c1)c1c[nH]n2c(=O)ccnc12. The van der Waals surface area contributed by atoms with E-state index in [0.29, 0.717) is 0 Å². The first-order valence-electron chi connectivity index (χ1n) is 6.40. The van der Waals surface area contributed by atoms with Crippen molar-refractivity contribution in [2.24, 2.45) is 0 Å². The Bertz CT molecular complexity index is 943. The number of carbonyl (C=O) groups excluding carboxylic acids is 1. The van der Waals surface area contributed by atoms with Crippen LogP contribution < -0.4 is 10.9 Å². The van der Waals surface area contributed by atoms with Crippen LogP contribution in [0, 0.1) is 0 Å². The lowest BCUT2D eigenvalue weighted by molar-refractivity contribution is -0.137. The van der Waals surface area contributed by atoms with E-state index in [1.165, 1.54) is 30.6 Å². The number of benzene rings is 1. The summed E-state index contributed by atoms with van der Waals surface area (Å²) in [7, 11) is 0. The lowest BCUT2D eigenvalue weighted by atomic mass is 10.2. The van der Waals surface area contributed by atoms with Crippen molar-refractivity contribution >= 4 is 17.2 Å². The first-order chi connectivity index (χ1) is 10.9. The average Bonchev–Trinajstić information content (AvgIpc) is 2.92. The summed E-state index contributed by atoms with van der Waals surface area (Å²) >= 11 is 0. The first-order valence-corrected chi connectivity index (χ1v) is 6.40. The molecule has 0 radical (unpaired) electrons. The van der Waals surface area contributed by atoms with Crippen molar-refractivity contribution in [3.8, 4) is 0 Å². The molecule has 1 amide bonds. The smallest absolute Gasteiger partial charge is 0.322 e. The second kappa shape index (κ2) is 5.27. The Morgan fingerprint density at radius 1 is 1.26 bits per heavy atom. The number of amides is 1. The Kier molecular flexibility index (Phi) is 3.40. The number of halogens is 3. The normalized spacial score (nSPS) is 11.6. The molecule has 9 heteroatoms. The molecule has 2 N–H and O–H groups in total. The largest absolute Gasteiger partial charge is 0.416 e. The molecule has 0 aliphatic carbocycles. The minimum absolute atomic E-state index is 0.0116. The van der Waals surface area contributed by atoms with Gasteiger partial charge in [0.2, 0.25) is 0 Å². The fourth-order valence-electron chi connectivity index (χ4n) is 2.06. The molecule has 0 saturated heterocycles. The van der Waals surface area contributed by atoms with E-state index in [0.717, 1.165) is 16.6 Å². The van der Waals surface area contributed by atoms with E-state index in [-0.39, 0.29) is 16.9 Å². The quantitative estimate of drug-likeness (QED) is 0.760. The van der Waals surface area contributed by atoms with Gasteiger partial charge in [-0.1, -0.05) is 6.07 Å². The Balaban J connectivity index is 1.93. The van der Waals surface area contributed by atoms with Crippen LogP contribution in [-0.2, 0) is 6.18 Å². The zero-order valence-electron chi connectivity index (χ0n) is 11.4. The molecule has 0 aliphatic heterocycles. The fraction of sp³-hybridized carbons (Fsp3) is 0.0714. The molecule has 0 bridgehead atoms. The van der Waals surface area contributed by atoms with E-state index in [2.05, 4.69) is 15.4 Å². The summed E-state index contributed by atoms with van der Waals surface area (Å²) in [4.78, 5) is 27.7. The molecule has 2 aromatic heterocycles. The minimum atomic E-state index is -4.50. The van der Waals surface area contributed by atoms with Gasteiger partial charge >= 0.3 is 6.18 Å². The summed E-state index contributed by atoms with van der Waals surface area (Å²) in [6.45, 7) is 0. The maximum Gasteiger partial charge on any atom is 0.416 e. The highest BCUT2D eigenvalue weighted by atomic mass is 19.4. The van der Waals surface area contributed by atoms with Crippen LogP contribution in [0.1, 0.15) is 15.9 Å². The van der Waals surface area contributed by atoms with Crippen molar-refractivity contribution in [3.63, 3.8) is 0 Å². The highest BCUT2D eigenvalue weighted by Gasteiger charge is 2.30. The van der Waals surface area contributed by atoms with Gasteiger partial charge in [0.15, 0.2) is 5.65 Å². The fourth-order valence-corrected chi connectivity index (χ4v) is 2.06. The molecule has 0 atom stereocenters. The third-order valence-corrected chi connectivity index (χ3v) is 3.12. The maximum atomic E-state index is 12.7. The number of alkyl halides is 3. The molecule has 0 unspecified atom stereocenters. The molecule has 6 nitrogen and oxygen atoms in total. The molecule has 2 heterocycles. The number of H-pyrrole nitrogens is 1. The van der Waals surface area contributed by atoms with Crippen LogP contribution in [0.3, 0.4) is 0 Å². The van der Waals surface area contributed by atoms with Crippen LogP contribution >= 0.6 is 0 Å². The summed E-state index contributed by atoms with van der Waals surface area (Å²) in [6, 6.07) is 5.46. The standard InChI is InChI=1S/C14H9F3N4O2/c15-14(16,17)8-2-1-3-9(6-8)20-13(23)10-7-19-21-11(22)4-5-18-12(10)21/h1-7,19H,(H,20,23). The number of hydrogen-bond donors (Lipinski definition) is 2. The van der Waals surface area contributed by atoms with E-state index in [1.807, 2.05) is 0 Å². The van der Waals surface area contributed by atoms with Gasteiger partial charge in [-0.15, -0.1) is 0 Å². The van der Waals surface area contributed by atoms with Gasteiger partial charge < -0.3 is 5.32 Å². The summed E-state index contributed by atoms with van der Waals surface area (Å²) in [5.74, 6) is -0.679. The maximum absolute atomic E-state index is 12.7. The van der Waals surface area contributed by atoms with Gasteiger partial charge in [0.25, 0.3) is 11.5 Å². The number of aromatic amines is 1. The second-order valence-corrected chi connectivity index (χ2v) is 4.66. The number of hydrogen-bond acceptors (Lipinski definition) is 3. The van der Waals surface area contributed by atoms with Crippen LogP contribution in [0.5, 0.6) is 0 Å². The van der Waals surface area contributed by atoms with E-state index in [4.69, 9.17) is 0 Å². The summed E-state index contributed by atoms with van der Waals surface area (Å²) in [5, 5.41) is 4.91. The predicted octanol–water partition coefficient (Wildman–Crippen LogP) is 2.29. The van der Waals surface area contributed by atoms with Crippen LogP contribution in [0.15, 0.2) is 47.5 Å². The molecule has 0 spiro atoms. The van der Waals surface area contributed by atoms with Crippen molar-refractivity contribution in [1.82, 2.24) is 14.6 Å². The van der Waals surface area contributed by atoms with Crippen LogP contribution in [0.4, 0.5) is 18.9 Å². The Morgan fingerprint density at radius 2 is 2.04 bits per heavy atom. The van der Waals surface area contributed by atoms with E-state index < -0.39 is 23.2 Å². The summed E-state index contributed by atoms with van der Waals surface area (Å²) in [5.41, 5.74) is -1.17. The Labute approximate surface area is 126 Å². The van der Waals surface area contributed by atoms with Crippen molar-refractivity contribution in [1.29, 1.82) is 0 Å². The number of fused-ring (bicyclic) bond motifs is 1. The first kappa shape index (κ1) is 14.8. The molecule has 0 aliphatic rings. The monoisotopic (exact) mass is 322 g/mol. The zero-order valence-corrected chi connectivity index (χ0v) is 11.4. The molecule has 0 fully saturated rings. The molecule has 1 aromatic carbocycles. The third-order valence-electron chi connectivity index (χ3n) is 3.12. The third kappa shape index (κ3) is 2.80. The van der Waals surface area contributed by atoms with Crippen LogP contribution in [0.2, 0.25) is 0 Å². The highest BCUT2D eigenvalue weighted by Crippen LogP contribution is 2.30. The van der Waals surface area contributed by atoms with Gasteiger partial charge in [-0.05, 0) is 18.2 Å². The van der Waals surface area contributed by atoms with Gasteiger partial charge in [0.1, 0.15) is 5.56 Å². The number of rotatable bonds is 2. The van der Waals surface area contributed by atoms with Gasteiger partial charge in [-0.25, -0.2) is 9.50 Å². The topological polar surface area (TPSA) is 79.3 Å². The summed E-state index contributed by atoms with van der Waals surface area (Å²) in [6.07, 6.45) is -2.00. The molecule has 3 rings (SSSR count). The van der Waals surface area contributed by atoms with Gasteiger partial charge in [0.05, 0.1) is 5.56 Å². The average molecular weight is 322 g/mol. The molecule has 23 heavy (non-hydrogen) atoms. The lowest BCUT2D eigenvalue weighted by Gasteiger charge is -2.09. The van der Waals surface area contributed by atoms with Crippen molar-refractivity contribution in [3.05, 3.63) is 64.2 Å². The van der Waals surface area contributed by atoms with E-state index in [1.54, 1.807) is 0 Å². The van der Waals surface area contributed by atoms with Crippen LogP contribution in [-0.4, -0.2) is 20.5 Å². The number of nitrogens with zero attached hydrogens (tertiary/aromatic N) is 2. The molecule has 118 valence electrons. The molecular formula is C14H9F3N4O2. The van der Waals surface area contributed by atoms with E-state index in [9.17, 15) is 22.8 Å². The van der Waals surface area contributed by atoms with Crippen molar-refractivity contribution in [2.45, 2.75) is 6.18 Å². The lowest BCUT2D eigenvalue weighted by Crippen LogP contribution is -2.16. The number of aromatic nitrogens is 3. The van der Waals surface area contributed by atoms with Crippen LogP contribution in [0.25, 0.3) is 5.65 Å². The molecule has 3 aromatic rings. The predicted molar refractivity (Wildman–Crippen MR) is 75.2 cm³/mol. The Hall–Kier alpha value is -3.10.